The second kappa shape index (κ2) is 9.95. The number of hydrogen-bond donors (Lipinski definition) is 1. The number of rotatable bonds is 8. The van der Waals surface area contributed by atoms with Gasteiger partial charge in [-0.25, -0.2) is 0 Å². The van der Waals surface area contributed by atoms with E-state index in [1.807, 2.05) is 72.8 Å². The maximum absolute atomic E-state index is 12.5. The number of carbonyl (C=O) groups excluding carboxylic acids is 1. The molecule has 0 aliphatic heterocycles. The molecule has 0 saturated heterocycles. The van der Waals surface area contributed by atoms with Crippen molar-refractivity contribution in [3.05, 3.63) is 97.1 Å². The van der Waals surface area contributed by atoms with Gasteiger partial charge in [0, 0.05) is 17.3 Å². The molecule has 1 amide bonds. The van der Waals surface area contributed by atoms with E-state index in [4.69, 9.17) is 9.47 Å². The smallest absolute Gasteiger partial charge is 0.248 e. The van der Waals surface area contributed by atoms with Crippen LogP contribution in [0.25, 0.3) is 17.2 Å². The summed E-state index contributed by atoms with van der Waals surface area (Å²) < 4.78 is 10.9. The minimum Gasteiger partial charge on any atom is -0.493 e. The highest BCUT2D eigenvalue weighted by Crippen LogP contribution is 2.29. The van der Waals surface area contributed by atoms with Crippen LogP contribution < -0.4 is 14.8 Å². The van der Waals surface area contributed by atoms with Crippen LogP contribution in [0.4, 0.5) is 5.69 Å². The van der Waals surface area contributed by atoms with Gasteiger partial charge in [-0.05, 0) is 35.4 Å². The summed E-state index contributed by atoms with van der Waals surface area (Å²) >= 11 is 0. The van der Waals surface area contributed by atoms with Crippen molar-refractivity contribution in [2.24, 2.45) is 0 Å². The zero-order valence-corrected chi connectivity index (χ0v) is 16.3. The lowest BCUT2D eigenvalue weighted by molar-refractivity contribution is -0.111. The Labute approximate surface area is 171 Å². The fraction of sp³-hybridized carbons (Fsp3) is 0.0800. The van der Waals surface area contributed by atoms with E-state index < -0.39 is 0 Å². The number of benzene rings is 3. The van der Waals surface area contributed by atoms with E-state index in [9.17, 15) is 4.79 Å². The zero-order valence-electron chi connectivity index (χ0n) is 16.3. The molecule has 0 spiro atoms. The van der Waals surface area contributed by atoms with Crippen molar-refractivity contribution in [3.8, 4) is 22.6 Å². The van der Waals surface area contributed by atoms with Gasteiger partial charge in [0.05, 0.1) is 7.11 Å². The van der Waals surface area contributed by atoms with Crippen molar-refractivity contribution in [3.63, 3.8) is 0 Å². The van der Waals surface area contributed by atoms with Crippen molar-refractivity contribution < 1.29 is 14.3 Å². The van der Waals surface area contributed by atoms with Crippen LogP contribution in [0.2, 0.25) is 0 Å². The van der Waals surface area contributed by atoms with Gasteiger partial charge in [-0.1, -0.05) is 67.3 Å². The van der Waals surface area contributed by atoms with Gasteiger partial charge >= 0.3 is 0 Å². The normalized spacial score (nSPS) is 10.5. The molecule has 0 saturated carbocycles. The van der Waals surface area contributed by atoms with Crippen LogP contribution in [-0.2, 0) is 4.79 Å². The minimum atomic E-state index is -0.209. The predicted molar refractivity (Wildman–Crippen MR) is 118 cm³/mol. The summed E-state index contributed by atoms with van der Waals surface area (Å²) in [6.07, 6.45) is 4.91. The molecule has 4 nitrogen and oxygen atoms in total. The Balaban J connectivity index is 1.73. The lowest BCUT2D eigenvalue weighted by atomic mass is 10.0. The van der Waals surface area contributed by atoms with Crippen LogP contribution in [0, 0.1) is 0 Å². The third-order valence-electron chi connectivity index (χ3n) is 4.24. The Bertz CT molecular complexity index is 1010. The van der Waals surface area contributed by atoms with E-state index in [2.05, 4.69) is 11.9 Å². The molecule has 0 bridgehead atoms. The van der Waals surface area contributed by atoms with Crippen LogP contribution >= 0.6 is 0 Å². The van der Waals surface area contributed by atoms with Crippen molar-refractivity contribution in [1.82, 2.24) is 0 Å². The molecule has 3 rings (SSSR count). The second-order valence-corrected chi connectivity index (χ2v) is 6.24. The SMILES string of the molecule is C=CCOc1ccc(/C=C/C(=O)Nc2ccccc2-c2ccccc2)cc1OC. The maximum atomic E-state index is 12.5. The lowest BCUT2D eigenvalue weighted by Crippen LogP contribution is -2.08. The Kier molecular flexibility index (Phi) is 6.85. The summed E-state index contributed by atoms with van der Waals surface area (Å²) in [5.41, 5.74) is 3.62. The van der Waals surface area contributed by atoms with Crippen molar-refractivity contribution in [2.45, 2.75) is 0 Å². The van der Waals surface area contributed by atoms with Crippen LogP contribution in [0.1, 0.15) is 5.56 Å². The third-order valence-corrected chi connectivity index (χ3v) is 4.24. The van der Waals surface area contributed by atoms with Gasteiger partial charge in [0.2, 0.25) is 5.91 Å². The highest BCUT2D eigenvalue weighted by molar-refractivity contribution is 6.04. The first kappa shape index (κ1) is 20.0. The van der Waals surface area contributed by atoms with Gasteiger partial charge in [0.15, 0.2) is 11.5 Å². The summed E-state index contributed by atoms with van der Waals surface area (Å²) in [6, 6.07) is 23.2. The second-order valence-electron chi connectivity index (χ2n) is 6.24. The number of anilines is 1. The fourth-order valence-electron chi connectivity index (χ4n) is 2.86. The number of hydrogen-bond acceptors (Lipinski definition) is 3. The fourth-order valence-corrected chi connectivity index (χ4v) is 2.86. The summed E-state index contributed by atoms with van der Waals surface area (Å²) in [7, 11) is 1.58. The van der Waals surface area contributed by atoms with E-state index in [0.29, 0.717) is 18.1 Å². The highest BCUT2D eigenvalue weighted by Gasteiger charge is 2.07. The average Bonchev–Trinajstić information content (AvgIpc) is 2.77. The Morgan fingerprint density at radius 1 is 1.00 bits per heavy atom. The minimum absolute atomic E-state index is 0.209. The molecule has 0 aliphatic carbocycles. The van der Waals surface area contributed by atoms with Crippen molar-refractivity contribution in [2.75, 3.05) is 19.0 Å². The number of nitrogens with one attached hydrogen (secondary N) is 1. The Hall–Kier alpha value is -3.79. The quantitative estimate of drug-likeness (QED) is 0.407. The zero-order chi connectivity index (χ0) is 20.5. The van der Waals surface area contributed by atoms with E-state index >= 15 is 0 Å². The van der Waals surface area contributed by atoms with Gasteiger partial charge < -0.3 is 14.8 Å². The molecule has 146 valence electrons. The topological polar surface area (TPSA) is 47.6 Å². The Morgan fingerprint density at radius 3 is 2.52 bits per heavy atom. The molecule has 0 aromatic heterocycles. The molecule has 0 fully saturated rings. The van der Waals surface area contributed by atoms with Gasteiger partial charge in [-0.3, -0.25) is 4.79 Å². The summed E-state index contributed by atoms with van der Waals surface area (Å²) in [5, 5.41) is 2.95. The largest absolute Gasteiger partial charge is 0.493 e. The van der Waals surface area contributed by atoms with Gasteiger partial charge in [-0.15, -0.1) is 0 Å². The van der Waals surface area contributed by atoms with E-state index in [1.165, 1.54) is 6.08 Å². The molecule has 4 heteroatoms. The van der Waals surface area contributed by atoms with E-state index in [1.54, 1.807) is 19.3 Å². The summed E-state index contributed by atoms with van der Waals surface area (Å²) in [6.45, 7) is 4.03. The molecule has 3 aromatic carbocycles. The average molecular weight is 385 g/mol. The van der Waals surface area contributed by atoms with Gasteiger partial charge in [0.1, 0.15) is 6.61 Å². The number of para-hydroxylation sites is 1. The first-order chi connectivity index (χ1) is 14.2. The summed E-state index contributed by atoms with van der Waals surface area (Å²) in [4.78, 5) is 12.5. The summed E-state index contributed by atoms with van der Waals surface area (Å²) in [5.74, 6) is 1.02. The van der Waals surface area contributed by atoms with E-state index in [-0.39, 0.29) is 5.91 Å². The standard InChI is InChI=1S/C25H23NO3/c1-3-17-29-23-15-13-19(18-24(23)28-2)14-16-25(27)26-22-12-8-7-11-21(22)20-9-5-4-6-10-20/h3-16,18H,1,17H2,2H3,(H,26,27)/b16-14+. The first-order valence-corrected chi connectivity index (χ1v) is 9.26. The molecule has 0 unspecified atom stereocenters. The monoisotopic (exact) mass is 385 g/mol. The van der Waals surface area contributed by atoms with Crippen LogP contribution in [-0.4, -0.2) is 19.6 Å². The lowest BCUT2D eigenvalue weighted by Gasteiger charge is -2.10. The third kappa shape index (κ3) is 5.36. The molecule has 0 radical (unpaired) electrons. The van der Waals surface area contributed by atoms with Gasteiger partial charge in [-0.2, -0.15) is 0 Å². The predicted octanol–water partition coefficient (Wildman–Crippen LogP) is 5.58. The van der Waals surface area contributed by atoms with Crippen LogP contribution in [0.15, 0.2) is 91.5 Å². The molecular weight excluding hydrogens is 362 g/mol. The highest BCUT2D eigenvalue weighted by atomic mass is 16.5. The maximum Gasteiger partial charge on any atom is 0.248 e. The molecule has 0 heterocycles. The Morgan fingerprint density at radius 2 is 1.76 bits per heavy atom. The van der Waals surface area contributed by atoms with Crippen LogP contribution in [0.5, 0.6) is 11.5 Å². The number of ether oxygens (including phenoxy) is 2. The molecule has 29 heavy (non-hydrogen) atoms. The number of methoxy groups -OCH3 is 1. The molecule has 1 N–H and O–H groups in total. The molecule has 3 aromatic rings. The molecule has 0 atom stereocenters. The van der Waals surface area contributed by atoms with E-state index in [0.717, 1.165) is 22.4 Å². The van der Waals surface area contributed by atoms with Gasteiger partial charge in [0.25, 0.3) is 0 Å². The first-order valence-electron chi connectivity index (χ1n) is 9.26. The number of carbonyl (C=O) groups is 1. The molecule has 0 aliphatic rings. The van der Waals surface area contributed by atoms with Crippen molar-refractivity contribution >= 4 is 17.7 Å². The molecular formula is C25H23NO3. The van der Waals surface area contributed by atoms with Crippen LogP contribution in [0.3, 0.4) is 0 Å². The number of amides is 1. The van der Waals surface area contributed by atoms with Crippen molar-refractivity contribution in [1.29, 1.82) is 0 Å².